The molecule has 3 rings (SSSR count). The van der Waals surface area contributed by atoms with Gasteiger partial charge in [0, 0.05) is 17.8 Å². The zero-order valence-electron chi connectivity index (χ0n) is 12.6. The van der Waals surface area contributed by atoms with Gasteiger partial charge in [0.2, 0.25) is 11.9 Å². The Bertz CT molecular complexity index is 782. The molecule has 3 aromatic heterocycles. The van der Waals surface area contributed by atoms with Crippen molar-refractivity contribution >= 4 is 23.2 Å². The number of carbonyl (C=O) groups is 1. The molecule has 0 spiro atoms. The van der Waals surface area contributed by atoms with E-state index in [4.69, 9.17) is 0 Å². The van der Waals surface area contributed by atoms with Gasteiger partial charge in [-0.05, 0) is 18.1 Å². The van der Waals surface area contributed by atoms with Crippen molar-refractivity contribution in [3.63, 3.8) is 0 Å². The first-order valence-electron chi connectivity index (χ1n) is 7.24. The minimum Gasteiger partial charge on any atom is -0.293 e. The molecule has 0 aliphatic heterocycles. The van der Waals surface area contributed by atoms with E-state index in [1.807, 2.05) is 24.4 Å². The number of pyridine rings is 1. The molecule has 1 N–H and O–H groups in total. The average molecular weight is 328 g/mol. The molecule has 8 heteroatoms. The molecule has 0 aromatic carbocycles. The number of nitrogens with one attached hydrogen (secondary N) is 1. The molecule has 23 heavy (non-hydrogen) atoms. The Hall–Kier alpha value is -2.61. The first-order valence-corrected chi connectivity index (χ1v) is 8.12. The van der Waals surface area contributed by atoms with Gasteiger partial charge in [-0.15, -0.1) is 16.4 Å². The van der Waals surface area contributed by atoms with Crippen LogP contribution in [0.4, 0.5) is 5.95 Å². The standard InChI is InChI=1S/C15H16N6OS/c1-2-14-18-12(9-23-14)6-13(22)19-15-17-10-21(20-15)8-11-4-3-5-16-7-11/h3-5,7,9-10H,2,6,8H2,1H3,(H,19,20,22). The van der Waals surface area contributed by atoms with Crippen LogP contribution in [0.1, 0.15) is 23.2 Å². The minimum absolute atomic E-state index is 0.169. The SMILES string of the molecule is CCc1nc(CC(=O)Nc2ncn(Cc3cccnc3)n2)cs1. The summed E-state index contributed by atoms with van der Waals surface area (Å²) in [7, 11) is 0. The Morgan fingerprint density at radius 1 is 1.43 bits per heavy atom. The molecule has 3 heterocycles. The van der Waals surface area contributed by atoms with Crippen molar-refractivity contribution < 1.29 is 4.79 Å². The van der Waals surface area contributed by atoms with Crippen LogP contribution in [0, 0.1) is 0 Å². The summed E-state index contributed by atoms with van der Waals surface area (Å²) in [6.07, 6.45) is 6.19. The van der Waals surface area contributed by atoms with Crippen molar-refractivity contribution in [2.24, 2.45) is 0 Å². The van der Waals surface area contributed by atoms with Gasteiger partial charge in [-0.3, -0.25) is 15.1 Å². The highest BCUT2D eigenvalue weighted by Crippen LogP contribution is 2.11. The lowest BCUT2D eigenvalue weighted by molar-refractivity contribution is -0.115. The molecule has 0 aliphatic rings. The Morgan fingerprint density at radius 2 is 2.35 bits per heavy atom. The third-order valence-corrected chi connectivity index (χ3v) is 4.14. The molecule has 0 aliphatic carbocycles. The quantitative estimate of drug-likeness (QED) is 0.747. The van der Waals surface area contributed by atoms with Gasteiger partial charge in [0.1, 0.15) is 6.33 Å². The number of carbonyl (C=O) groups excluding carboxylic acids is 1. The molecule has 3 aromatic rings. The zero-order chi connectivity index (χ0) is 16.1. The maximum absolute atomic E-state index is 12.0. The first-order chi connectivity index (χ1) is 11.2. The van der Waals surface area contributed by atoms with E-state index in [1.54, 1.807) is 34.7 Å². The van der Waals surface area contributed by atoms with E-state index in [2.05, 4.69) is 25.4 Å². The summed E-state index contributed by atoms with van der Waals surface area (Å²) in [5.74, 6) is 0.127. The van der Waals surface area contributed by atoms with Crippen LogP contribution in [0.3, 0.4) is 0 Å². The molecule has 0 unspecified atom stereocenters. The van der Waals surface area contributed by atoms with E-state index in [0.29, 0.717) is 12.5 Å². The van der Waals surface area contributed by atoms with Gasteiger partial charge in [0.15, 0.2) is 0 Å². The number of thiazole rings is 1. The molecular weight excluding hydrogens is 312 g/mol. The van der Waals surface area contributed by atoms with Crippen LogP contribution in [-0.4, -0.2) is 30.6 Å². The van der Waals surface area contributed by atoms with E-state index >= 15 is 0 Å². The summed E-state index contributed by atoms with van der Waals surface area (Å²) in [5.41, 5.74) is 1.80. The maximum atomic E-state index is 12.0. The average Bonchev–Trinajstić information content (AvgIpc) is 3.18. The predicted molar refractivity (Wildman–Crippen MR) is 87.2 cm³/mol. The van der Waals surface area contributed by atoms with Gasteiger partial charge < -0.3 is 0 Å². The highest BCUT2D eigenvalue weighted by Gasteiger charge is 2.10. The van der Waals surface area contributed by atoms with E-state index in [1.165, 1.54) is 0 Å². The number of rotatable bonds is 6. The number of hydrogen-bond donors (Lipinski definition) is 1. The fourth-order valence-electron chi connectivity index (χ4n) is 2.03. The zero-order valence-corrected chi connectivity index (χ0v) is 13.5. The largest absolute Gasteiger partial charge is 0.293 e. The van der Waals surface area contributed by atoms with Crippen LogP contribution in [0.2, 0.25) is 0 Å². The normalized spacial score (nSPS) is 10.7. The number of anilines is 1. The van der Waals surface area contributed by atoms with Gasteiger partial charge in [-0.1, -0.05) is 13.0 Å². The fourth-order valence-corrected chi connectivity index (χ4v) is 2.78. The first kappa shape index (κ1) is 15.3. The van der Waals surface area contributed by atoms with Crippen molar-refractivity contribution in [2.45, 2.75) is 26.3 Å². The molecule has 7 nitrogen and oxygen atoms in total. The molecule has 0 saturated heterocycles. The van der Waals surface area contributed by atoms with Crippen molar-refractivity contribution in [2.75, 3.05) is 5.32 Å². The Kier molecular flexibility index (Phi) is 4.72. The fraction of sp³-hybridized carbons (Fsp3) is 0.267. The second kappa shape index (κ2) is 7.10. The van der Waals surface area contributed by atoms with Crippen molar-refractivity contribution in [1.82, 2.24) is 24.7 Å². The van der Waals surface area contributed by atoms with E-state index in [0.717, 1.165) is 22.7 Å². The van der Waals surface area contributed by atoms with Gasteiger partial charge in [-0.2, -0.15) is 0 Å². The summed E-state index contributed by atoms with van der Waals surface area (Å²) in [5, 5.41) is 9.87. The van der Waals surface area contributed by atoms with Crippen LogP contribution in [0.5, 0.6) is 0 Å². The summed E-state index contributed by atoms with van der Waals surface area (Å²) in [4.78, 5) is 24.5. The van der Waals surface area contributed by atoms with Crippen LogP contribution in [-0.2, 0) is 24.2 Å². The van der Waals surface area contributed by atoms with Crippen molar-refractivity contribution in [3.05, 3.63) is 52.5 Å². The van der Waals surface area contributed by atoms with E-state index in [-0.39, 0.29) is 12.3 Å². The third-order valence-electron chi connectivity index (χ3n) is 3.10. The van der Waals surface area contributed by atoms with Gasteiger partial charge in [-0.25, -0.2) is 14.6 Å². The maximum Gasteiger partial charge on any atom is 0.248 e. The molecule has 0 atom stereocenters. The van der Waals surface area contributed by atoms with Crippen LogP contribution in [0.25, 0.3) is 0 Å². The molecule has 1 amide bonds. The topological polar surface area (TPSA) is 85.6 Å². The molecule has 0 saturated carbocycles. The second-order valence-corrected chi connectivity index (χ2v) is 5.88. The molecular formula is C15H16N6OS. The lowest BCUT2D eigenvalue weighted by Gasteiger charge is -2.00. The van der Waals surface area contributed by atoms with E-state index in [9.17, 15) is 4.79 Å². The van der Waals surface area contributed by atoms with Crippen molar-refractivity contribution in [3.8, 4) is 0 Å². The van der Waals surface area contributed by atoms with Gasteiger partial charge >= 0.3 is 0 Å². The number of aryl methyl sites for hydroxylation is 1. The summed E-state index contributed by atoms with van der Waals surface area (Å²) >= 11 is 1.57. The van der Waals surface area contributed by atoms with Crippen molar-refractivity contribution in [1.29, 1.82) is 0 Å². The third kappa shape index (κ3) is 4.19. The van der Waals surface area contributed by atoms with E-state index < -0.39 is 0 Å². The molecule has 0 bridgehead atoms. The number of aromatic nitrogens is 5. The molecule has 0 radical (unpaired) electrons. The molecule has 0 fully saturated rings. The summed E-state index contributed by atoms with van der Waals surface area (Å²) < 4.78 is 1.66. The number of amides is 1. The number of nitrogens with zero attached hydrogens (tertiary/aromatic N) is 5. The van der Waals surface area contributed by atoms with Crippen LogP contribution < -0.4 is 5.32 Å². The summed E-state index contributed by atoms with van der Waals surface area (Å²) in [6.45, 7) is 2.60. The second-order valence-electron chi connectivity index (χ2n) is 4.94. The van der Waals surface area contributed by atoms with Gasteiger partial charge in [0.25, 0.3) is 0 Å². The minimum atomic E-state index is -0.169. The monoisotopic (exact) mass is 328 g/mol. The highest BCUT2D eigenvalue weighted by molar-refractivity contribution is 7.09. The summed E-state index contributed by atoms with van der Waals surface area (Å²) in [6, 6.07) is 3.83. The van der Waals surface area contributed by atoms with Gasteiger partial charge in [0.05, 0.1) is 23.7 Å². The predicted octanol–water partition coefficient (Wildman–Crippen LogP) is 1.92. The highest BCUT2D eigenvalue weighted by atomic mass is 32.1. The molecule has 118 valence electrons. The number of hydrogen-bond acceptors (Lipinski definition) is 6. The Morgan fingerprint density at radius 3 is 3.09 bits per heavy atom. The Balaban J connectivity index is 1.57. The van der Waals surface area contributed by atoms with Crippen LogP contribution in [0.15, 0.2) is 36.2 Å². The lowest BCUT2D eigenvalue weighted by atomic mass is 10.3. The lowest BCUT2D eigenvalue weighted by Crippen LogP contribution is -2.16. The Labute approximate surface area is 137 Å². The smallest absolute Gasteiger partial charge is 0.248 e. The van der Waals surface area contributed by atoms with Crippen LogP contribution >= 0.6 is 11.3 Å².